The van der Waals surface area contributed by atoms with Crippen molar-refractivity contribution in [3.05, 3.63) is 39.9 Å². The van der Waals surface area contributed by atoms with Crippen molar-refractivity contribution >= 4 is 23.2 Å². The fourth-order valence-electron chi connectivity index (χ4n) is 1.65. The van der Waals surface area contributed by atoms with Crippen LogP contribution in [0.1, 0.15) is 19.2 Å². The molecule has 0 fully saturated rings. The molecule has 0 radical (unpaired) electrons. The standard InChI is InChI=1S/C11H9Cl2F2N3/c1-2-3-9-16-17-11(13)18(9)10-7(12)4-6(14)5-8(10)15/h4-5H,2-3H2,1H3. The predicted molar refractivity (Wildman–Crippen MR) is 65.3 cm³/mol. The van der Waals surface area contributed by atoms with Crippen LogP contribution in [-0.4, -0.2) is 14.8 Å². The van der Waals surface area contributed by atoms with Gasteiger partial charge >= 0.3 is 0 Å². The van der Waals surface area contributed by atoms with Crippen LogP contribution >= 0.6 is 23.2 Å². The van der Waals surface area contributed by atoms with Gasteiger partial charge in [0, 0.05) is 12.5 Å². The first kappa shape index (κ1) is 13.2. The second-order valence-electron chi connectivity index (χ2n) is 3.69. The maximum atomic E-state index is 13.8. The summed E-state index contributed by atoms with van der Waals surface area (Å²) < 4.78 is 28.1. The second kappa shape index (κ2) is 5.20. The van der Waals surface area contributed by atoms with Gasteiger partial charge in [-0.1, -0.05) is 18.5 Å². The van der Waals surface area contributed by atoms with Crippen molar-refractivity contribution in [1.29, 1.82) is 0 Å². The van der Waals surface area contributed by atoms with Crippen LogP contribution in [0.2, 0.25) is 10.3 Å². The zero-order chi connectivity index (χ0) is 13.3. The van der Waals surface area contributed by atoms with E-state index in [9.17, 15) is 8.78 Å². The zero-order valence-corrected chi connectivity index (χ0v) is 10.9. The average Bonchev–Trinajstić information content (AvgIpc) is 2.61. The van der Waals surface area contributed by atoms with E-state index < -0.39 is 11.6 Å². The van der Waals surface area contributed by atoms with Crippen molar-refractivity contribution in [1.82, 2.24) is 14.8 Å². The summed E-state index contributed by atoms with van der Waals surface area (Å²) in [5.41, 5.74) is -0.0310. The Balaban J connectivity index is 2.65. The van der Waals surface area contributed by atoms with Gasteiger partial charge in [0.05, 0.1) is 5.02 Å². The lowest BCUT2D eigenvalue weighted by Crippen LogP contribution is -2.05. The van der Waals surface area contributed by atoms with Crippen LogP contribution in [0.15, 0.2) is 12.1 Å². The summed E-state index contributed by atoms with van der Waals surface area (Å²) in [4.78, 5) is 0. The maximum absolute atomic E-state index is 13.8. The normalized spacial score (nSPS) is 10.9. The van der Waals surface area contributed by atoms with Crippen LogP contribution in [0.4, 0.5) is 8.78 Å². The number of hydrogen-bond donors (Lipinski definition) is 0. The van der Waals surface area contributed by atoms with Gasteiger partial charge in [-0.2, -0.15) is 0 Å². The first-order chi connectivity index (χ1) is 8.54. The minimum absolute atomic E-state index is 0.00846. The number of benzene rings is 1. The summed E-state index contributed by atoms with van der Waals surface area (Å²) >= 11 is 11.7. The van der Waals surface area contributed by atoms with Crippen LogP contribution in [0, 0.1) is 11.6 Å². The highest BCUT2D eigenvalue weighted by Crippen LogP contribution is 2.28. The van der Waals surface area contributed by atoms with E-state index >= 15 is 0 Å². The van der Waals surface area contributed by atoms with E-state index in [2.05, 4.69) is 10.2 Å². The van der Waals surface area contributed by atoms with Gasteiger partial charge in [0.15, 0.2) is 5.82 Å². The lowest BCUT2D eigenvalue weighted by molar-refractivity contribution is 0.576. The molecule has 0 spiro atoms. The van der Waals surface area contributed by atoms with Crippen molar-refractivity contribution in [2.24, 2.45) is 0 Å². The summed E-state index contributed by atoms with van der Waals surface area (Å²) in [5, 5.41) is 7.44. The molecule has 18 heavy (non-hydrogen) atoms. The monoisotopic (exact) mass is 291 g/mol. The van der Waals surface area contributed by atoms with Gasteiger partial charge in [-0.05, 0) is 24.1 Å². The van der Waals surface area contributed by atoms with E-state index in [4.69, 9.17) is 23.2 Å². The van der Waals surface area contributed by atoms with E-state index in [0.717, 1.165) is 18.6 Å². The first-order valence-electron chi connectivity index (χ1n) is 5.29. The summed E-state index contributed by atoms with van der Waals surface area (Å²) in [6.45, 7) is 1.94. The molecule has 2 rings (SSSR count). The highest BCUT2D eigenvalue weighted by atomic mass is 35.5. The molecular formula is C11H9Cl2F2N3. The van der Waals surface area contributed by atoms with E-state index in [1.807, 2.05) is 6.92 Å². The van der Waals surface area contributed by atoms with Crippen LogP contribution in [0.3, 0.4) is 0 Å². The molecule has 1 aromatic carbocycles. The molecule has 0 saturated heterocycles. The van der Waals surface area contributed by atoms with Gasteiger partial charge in [0.25, 0.3) is 0 Å². The van der Waals surface area contributed by atoms with Crippen molar-refractivity contribution in [3.63, 3.8) is 0 Å². The van der Waals surface area contributed by atoms with Crippen LogP contribution in [0.25, 0.3) is 5.69 Å². The SMILES string of the molecule is CCCc1nnc(Cl)n1-c1c(F)cc(F)cc1Cl. The van der Waals surface area contributed by atoms with E-state index in [1.54, 1.807) is 0 Å². The van der Waals surface area contributed by atoms with Crippen LogP contribution in [0.5, 0.6) is 0 Å². The molecule has 0 aliphatic heterocycles. The summed E-state index contributed by atoms with van der Waals surface area (Å²) in [6.07, 6.45) is 1.35. The molecule has 0 bridgehead atoms. The first-order valence-corrected chi connectivity index (χ1v) is 6.05. The van der Waals surface area contributed by atoms with Crippen molar-refractivity contribution in [2.75, 3.05) is 0 Å². The molecule has 0 aliphatic rings. The third-order valence-corrected chi connectivity index (χ3v) is 2.90. The average molecular weight is 292 g/mol. The molecule has 7 heteroatoms. The van der Waals surface area contributed by atoms with Crippen molar-refractivity contribution < 1.29 is 8.78 Å². The molecule has 0 unspecified atom stereocenters. The second-order valence-corrected chi connectivity index (χ2v) is 4.43. The Morgan fingerprint density at radius 3 is 2.56 bits per heavy atom. The van der Waals surface area contributed by atoms with Gasteiger partial charge in [-0.25, -0.2) is 8.78 Å². The van der Waals surface area contributed by atoms with E-state index in [1.165, 1.54) is 4.57 Å². The van der Waals surface area contributed by atoms with Gasteiger partial charge in [0.1, 0.15) is 17.3 Å². The number of aryl methyl sites for hydroxylation is 1. The Morgan fingerprint density at radius 1 is 1.22 bits per heavy atom. The Bertz CT molecular complexity index is 561. The third-order valence-electron chi connectivity index (χ3n) is 2.37. The van der Waals surface area contributed by atoms with E-state index in [-0.39, 0.29) is 16.0 Å². The molecule has 1 heterocycles. The molecule has 2 aromatic rings. The molecule has 0 saturated carbocycles. The van der Waals surface area contributed by atoms with Gasteiger partial charge < -0.3 is 0 Å². The smallest absolute Gasteiger partial charge is 0.229 e. The Morgan fingerprint density at radius 2 is 1.94 bits per heavy atom. The number of rotatable bonds is 3. The quantitative estimate of drug-likeness (QED) is 0.861. The third kappa shape index (κ3) is 2.33. The van der Waals surface area contributed by atoms with Crippen molar-refractivity contribution in [3.8, 4) is 5.69 Å². The topological polar surface area (TPSA) is 30.7 Å². The molecule has 1 aromatic heterocycles. The number of aromatic nitrogens is 3. The number of halogens is 4. The van der Waals surface area contributed by atoms with E-state index in [0.29, 0.717) is 12.2 Å². The molecule has 3 nitrogen and oxygen atoms in total. The van der Waals surface area contributed by atoms with Crippen LogP contribution in [-0.2, 0) is 6.42 Å². The van der Waals surface area contributed by atoms with Gasteiger partial charge in [-0.3, -0.25) is 4.57 Å². The largest absolute Gasteiger partial charge is 0.265 e. The minimum Gasteiger partial charge on any atom is -0.265 e. The zero-order valence-electron chi connectivity index (χ0n) is 9.42. The van der Waals surface area contributed by atoms with Crippen LogP contribution < -0.4 is 0 Å². The fourth-order valence-corrected chi connectivity index (χ4v) is 2.15. The highest BCUT2D eigenvalue weighted by molar-refractivity contribution is 6.33. The predicted octanol–water partition coefficient (Wildman–Crippen LogP) is 3.80. The summed E-state index contributed by atoms with van der Waals surface area (Å²) in [5.74, 6) is -1.07. The lowest BCUT2D eigenvalue weighted by Gasteiger charge is -2.10. The molecular weight excluding hydrogens is 283 g/mol. The molecule has 96 valence electrons. The van der Waals surface area contributed by atoms with Crippen molar-refractivity contribution in [2.45, 2.75) is 19.8 Å². The fraction of sp³-hybridized carbons (Fsp3) is 0.273. The summed E-state index contributed by atoms with van der Waals surface area (Å²) in [7, 11) is 0. The Labute approximate surface area is 112 Å². The molecule has 0 N–H and O–H groups in total. The maximum Gasteiger partial charge on any atom is 0.229 e. The highest BCUT2D eigenvalue weighted by Gasteiger charge is 2.19. The number of hydrogen-bond acceptors (Lipinski definition) is 2. The number of nitrogens with zero attached hydrogens (tertiary/aromatic N) is 3. The molecule has 0 atom stereocenters. The van der Waals surface area contributed by atoms with Gasteiger partial charge in [-0.15, -0.1) is 10.2 Å². The summed E-state index contributed by atoms with van der Waals surface area (Å²) in [6, 6.07) is 1.76. The Kier molecular flexibility index (Phi) is 3.82. The molecule has 0 aliphatic carbocycles. The molecule has 0 amide bonds. The Hall–Kier alpha value is -1.20. The lowest BCUT2D eigenvalue weighted by atomic mass is 10.2. The van der Waals surface area contributed by atoms with Gasteiger partial charge in [0.2, 0.25) is 5.28 Å². The minimum atomic E-state index is -0.806.